The number of fused-ring (bicyclic) bond motifs is 7. The number of aromatic hydroxyl groups is 2. The minimum absolute atomic E-state index is 0.119. The minimum atomic E-state index is -0.457. The number of phenolic OH excluding ortho intramolecular Hbond substituents is 2. The van der Waals surface area contributed by atoms with E-state index in [1.807, 2.05) is 32.7 Å². The van der Waals surface area contributed by atoms with Crippen LogP contribution in [0, 0.1) is 25.2 Å². The van der Waals surface area contributed by atoms with Gasteiger partial charge in [0.25, 0.3) is 0 Å². The number of hydrogen-bond donors (Lipinski definition) is 2. The van der Waals surface area contributed by atoms with E-state index in [2.05, 4.69) is 22.8 Å². The molecule has 2 aromatic rings. The van der Waals surface area contributed by atoms with E-state index in [4.69, 9.17) is 18.9 Å². The van der Waals surface area contributed by atoms with Crippen molar-refractivity contribution in [2.45, 2.75) is 76.7 Å². The van der Waals surface area contributed by atoms with Crippen LogP contribution in [0.15, 0.2) is 0 Å². The van der Waals surface area contributed by atoms with Crippen LogP contribution >= 0.6 is 11.8 Å². The van der Waals surface area contributed by atoms with Gasteiger partial charge in [0.15, 0.2) is 23.0 Å². The molecule has 10 heteroatoms. The number of benzene rings is 2. The van der Waals surface area contributed by atoms with E-state index in [1.165, 1.54) is 0 Å². The van der Waals surface area contributed by atoms with Gasteiger partial charge < -0.3 is 29.2 Å². The molecule has 0 radical (unpaired) electrons. The smallest absolute Gasteiger partial charge is 0.167 e. The zero-order valence-corrected chi connectivity index (χ0v) is 26.7. The largest absolute Gasteiger partial charge is 0.504 e. The summed E-state index contributed by atoms with van der Waals surface area (Å²) in [5.74, 6) is 4.14. The zero-order chi connectivity index (χ0) is 30.5. The molecule has 0 amide bonds. The summed E-state index contributed by atoms with van der Waals surface area (Å²) in [6.07, 6.45) is 3.25. The van der Waals surface area contributed by atoms with E-state index in [-0.39, 0.29) is 35.7 Å². The monoisotopic (exact) mass is 597 g/mol. The Morgan fingerprint density at radius 3 is 1.90 bits per heavy atom. The van der Waals surface area contributed by atoms with Crippen molar-refractivity contribution in [1.82, 2.24) is 9.80 Å². The van der Waals surface area contributed by atoms with Crippen LogP contribution in [0.3, 0.4) is 0 Å². The first-order valence-corrected chi connectivity index (χ1v) is 15.8. The molecule has 3 aliphatic heterocycles. The van der Waals surface area contributed by atoms with Crippen molar-refractivity contribution in [2.24, 2.45) is 0 Å². The molecule has 0 saturated carbocycles. The molecule has 2 N–H and O–H groups in total. The Kier molecular flexibility index (Phi) is 8.66. The van der Waals surface area contributed by atoms with Gasteiger partial charge in [0, 0.05) is 57.3 Å². The fraction of sp³-hybridized carbons (Fsp3) is 0.594. The first-order chi connectivity index (χ1) is 20.2. The van der Waals surface area contributed by atoms with Gasteiger partial charge in [-0.25, -0.2) is 0 Å². The Morgan fingerprint density at radius 1 is 0.857 bits per heavy atom. The molecule has 0 aromatic heterocycles. The SMILES string of the molecule is CCCCSC[C@H]1c2c(O)c(OC)c(C)c(OC)c2C[C@H]2[C@H]3c4c(O)c(OC)c(C)c(OC)c4C[C@@H]([C@H](C#N)N12)N3C. The molecular weight excluding hydrogens is 554 g/mol. The average Bonchev–Trinajstić information content (AvgIpc) is 2.96. The molecule has 1 fully saturated rings. The molecule has 42 heavy (non-hydrogen) atoms. The summed E-state index contributed by atoms with van der Waals surface area (Å²) in [7, 11) is 8.47. The van der Waals surface area contributed by atoms with Crippen LogP contribution in [0.1, 0.15) is 65.2 Å². The highest BCUT2D eigenvalue weighted by molar-refractivity contribution is 7.99. The second-order valence-corrected chi connectivity index (χ2v) is 12.6. The van der Waals surface area contributed by atoms with Crippen LogP contribution < -0.4 is 18.9 Å². The predicted octanol–water partition coefficient (Wildman–Crippen LogP) is 5.05. The Morgan fingerprint density at radius 2 is 1.38 bits per heavy atom. The number of rotatable bonds is 9. The van der Waals surface area contributed by atoms with E-state index in [0.717, 1.165) is 52.0 Å². The quantitative estimate of drug-likeness (QED) is 0.381. The van der Waals surface area contributed by atoms with Crippen LogP contribution in [-0.2, 0) is 12.8 Å². The Labute approximate surface area is 253 Å². The number of thioether (sulfide) groups is 1. The van der Waals surface area contributed by atoms with Gasteiger partial charge >= 0.3 is 0 Å². The van der Waals surface area contributed by atoms with Crippen molar-refractivity contribution in [1.29, 1.82) is 5.26 Å². The maximum Gasteiger partial charge on any atom is 0.167 e. The van der Waals surface area contributed by atoms with Crippen LogP contribution in [0.25, 0.3) is 0 Å². The van der Waals surface area contributed by atoms with E-state index in [1.54, 1.807) is 28.4 Å². The lowest BCUT2D eigenvalue weighted by Gasteiger charge is -2.60. The van der Waals surface area contributed by atoms with Gasteiger partial charge in [-0.15, -0.1) is 0 Å². The lowest BCUT2D eigenvalue weighted by Crippen LogP contribution is -2.68. The molecule has 9 nitrogen and oxygen atoms in total. The number of nitriles is 1. The number of nitrogens with zero attached hydrogens (tertiary/aromatic N) is 3. The summed E-state index contributed by atoms with van der Waals surface area (Å²) in [6.45, 7) is 5.97. The van der Waals surface area contributed by atoms with Crippen LogP contribution in [0.4, 0.5) is 0 Å². The van der Waals surface area contributed by atoms with Crippen LogP contribution in [0.5, 0.6) is 34.5 Å². The molecule has 3 heterocycles. The fourth-order valence-electron chi connectivity index (χ4n) is 7.82. The number of piperazine rings is 1. The summed E-state index contributed by atoms with van der Waals surface area (Å²) >= 11 is 1.84. The maximum atomic E-state index is 11.7. The number of methoxy groups -OCH3 is 4. The van der Waals surface area contributed by atoms with Gasteiger partial charge in [-0.05, 0) is 45.9 Å². The fourth-order valence-corrected chi connectivity index (χ4v) is 9.04. The summed E-state index contributed by atoms with van der Waals surface area (Å²) in [4.78, 5) is 4.56. The summed E-state index contributed by atoms with van der Waals surface area (Å²) in [5, 5.41) is 34.2. The van der Waals surface area contributed by atoms with E-state index in [0.29, 0.717) is 41.6 Å². The molecule has 0 aliphatic carbocycles. The molecule has 2 bridgehead atoms. The second-order valence-electron chi connectivity index (χ2n) is 11.5. The van der Waals surface area contributed by atoms with Gasteiger partial charge in [-0.3, -0.25) is 9.80 Å². The molecule has 2 aromatic carbocycles. The molecule has 0 spiro atoms. The maximum absolute atomic E-state index is 11.7. The third-order valence-corrected chi connectivity index (χ3v) is 10.7. The third-order valence-electron chi connectivity index (χ3n) is 9.58. The normalized spacial score (nSPS) is 24.7. The number of ether oxygens (including phenoxy) is 4. The predicted molar refractivity (Wildman–Crippen MR) is 164 cm³/mol. The minimum Gasteiger partial charge on any atom is -0.504 e. The van der Waals surface area contributed by atoms with Crippen molar-refractivity contribution >= 4 is 11.8 Å². The van der Waals surface area contributed by atoms with Gasteiger partial charge in [-0.2, -0.15) is 17.0 Å². The Bertz CT molecular complexity index is 1410. The van der Waals surface area contributed by atoms with Crippen molar-refractivity contribution in [3.8, 4) is 40.6 Å². The van der Waals surface area contributed by atoms with E-state index in [9.17, 15) is 15.5 Å². The molecule has 3 aliphatic rings. The van der Waals surface area contributed by atoms with Crippen LogP contribution in [-0.4, -0.2) is 85.1 Å². The number of phenols is 2. The summed E-state index contributed by atoms with van der Waals surface area (Å²) in [5.41, 5.74) is 4.91. The van der Waals surface area contributed by atoms with Crippen molar-refractivity contribution in [3.05, 3.63) is 33.4 Å². The summed E-state index contributed by atoms with van der Waals surface area (Å²) < 4.78 is 23.3. The standard InChI is InChI=1S/C32H43N3O6S/c1-9-10-11-42-15-23-24-18(29(38-5)16(2)31(40-7)27(24)36)13-21-26-25-19(12-20(34(26)4)22(14-33)35(21)23)30(39-6)17(3)32(41-8)28(25)37/h20-23,26,36-37H,9-13,15H2,1-8H3/t20-,21-,22-,23-,26-/m0/s1. The topological polar surface area (TPSA) is 108 Å². The van der Waals surface area contributed by atoms with Crippen molar-refractivity contribution < 1.29 is 29.2 Å². The third kappa shape index (κ3) is 4.35. The number of unbranched alkanes of at least 4 members (excludes halogenated alkanes) is 1. The van der Waals surface area contributed by atoms with Crippen LogP contribution in [0.2, 0.25) is 0 Å². The summed E-state index contributed by atoms with van der Waals surface area (Å²) in [6, 6.07) is 1.36. The van der Waals surface area contributed by atoms with Gasteiger partial charge in [-0.1, -0.05) is 13.3 Å². The van der Waals surface area contributed by atoms with Gasteiger partial charge in [0.1, 0.15) is 17.5 Å². The molecular formula is C32H43N3O6S. The van der Waals surface area contributed by atoms with Crippen molar-refractivity contribution in [2.75, 3.05) is 47.0 Å². The lowest BCUT2D eigenvalue weighted by molar-refractivity contribution is -0.0685. The van der Waals surface area contributed by atoms with Gasteiger partial charge in [0.2, 0.25) is 0 Å². The number of hydrogen-bond acceptors (Lipinski definition) is 10. The molecule has 0 unspecified atom stereocenters. The first kappa shape index (κ1) is 30.5. The molecule has 5 rings (SSSR count). The van der Waals surface area contributed by atoms with Gasteiger partial charge in [0.05, 0.1) is 40.6 Å². The highest BCUT2D eigenvalue weighted by atomic mass is 32.2. The lowest BCUT2D eigenvalue weighted by atomic mass is 9.71. The van der Waals surface area contributed by atoms with Crippen molar-refractivity contribution in [3.63, 3.8) is 0 Å². The average molecular weight is 598 g/mol. The zero-order valence-electron chi connectivity index (χ0n) is 25.9. The highest BCUT2D eigenvalue weighted by Crippen LogP contribution is 2.59. The number of likely N-dealkylation sites (N-methyl/N-ethyl adjacent to an activating group) is 1. The second kappa shape index (κ2) is 11.9. The van der Waals surface area contributed by atoms with E-state index >= 15 is 0 Å². The Hall–Kier alpha value is -3.00. The highest BCUT2D eigenvalue weighted by Gasteiger charge is 2.57. The van der Waals surface area contributed by atoms with E-state index < -0.39 is 6.04 Å². The molecule has 228 valence electrons. The molecule has 5 atom stereocenters. The molecule has 1 saturated heterocycles. The first-order valence-electron chi connectivity index (χ1n) is 14.6. The Balaban J connectivity index is 1.79.